The normalized spacial score (nSPS) is 16.6. The molecule has 88 valence electrons. The van der Waals surface area contributed by atoms with Crippen molar-refractivity contribution in [3.8, 4) is 5.75 Å². The van der Waals surface area contributed by atoms with Gasteiger partial charge in [-0.15, -0.1) is 0 Å². The van der Waals surface area contributed by atoms with Crippen molar-refractivity contribution >= 4 is 11.9 Å². The van der Waals surface area contributed by atoms with Crippen molar-refractivity contribution in [1.29, 1.82) is 0 Å². The lowest BCUT2D eigenvalue weighted by Gasteiger charge is -2.13. The van der Waals surface area contributed by atoms with E-state index < -0.39 is 0 Å². The van der Waals surface area contributed by atoms with Crippen LogP contribution < -0.4 is 10.1 Å². The first-order valence-electron chi connectivity index (χ1n) is 5.41. The molecule has 2 heterocycles. The molecule has 0 aliphatic carbocycles. The molecule has 0 spiro atoms. The zero-order valence-electron chi connectivity index (χ0n) is 9.69. The highest BCUT2D eigenvalue weighted by Gasteiger charge is 2.10. The predicted molar refractivity (Wildman–Crippen MR) is 66.4 cm³/mol. The molecule has 4 nitrogen and oxygen atoms in total. The van der Waals surface area contributed by atoms with Crippen LogP contribution in [-0.2, 0) is 0 Å². The van der Waals surface area contributed by atoms with Gasteiger partial charge in [-0.25, -0.2) is 4.31 Å². The van der Waals surface area contributed by atoms with Crippen molar-refractivity contribution < 1.29 is 4.74 Å². The zero-order valence-corrected chi connectivity index (χ0v) is 10.5. The smallest absolute Gasteiger partial charge is 0.148 e. The summed E-state index contributed by atoms with van der Waals surface area (Å²) in [7, 11) is 0. The fourth-order valence-corrected chi connectivity index (χ4v) is 2.39. The number of nitrogens with one attached hydrogen (secondary N) is 1. The summed E-state index contributed by atoms with van der Waals surface area (Å²) in [5.74, 6) is 1.56. The third kappa shape index (κ3) is 3.37. The summed E-state index contributed by atoms with van der Waals surface area (Å²) in [4.78, 5) is 4.31. The molecule has 2 rings (SSSR count). The molecule has 0 unspecified atom stereocenters. The van der Waals surface area contributed by atoms with Gasteiger partial charge in [0.15, 0.2) is 0 Å². The number of pyridine rings is 1. The Morgan fingerprint density at radius 2 is 2.19 bits per heavy atom. The van der Waals surface area contributed by atoms with Crippen LogP contribution in [0.15, 0.2) is 12.1 Å². The van der Waals surface area contributed by atoms with Crippen molar-refractivity contribution in [2.45, 2.75) is 13.8 Å². The van der Waals surface area contributed by atoms with Crippen molar-refractivity contribution in [2.24, 2.45) is 0 Å². The third-order valence-electron chi connectivity index (χ3n) is 2.34. The molecular formula is C11H17N3OS. The van der Waals surface area contributed by atoms with Crippen molar-refractivity contribution in [3.05, 3.63) is 23.5 Å². The van der Waals surface area contributed by atoms with Crippen LogP contribution in [0.3, 0.4) is 0 Å². The Kier molecular flexibility index (Phi) is 4.04. The molecule has 0 atom stereocenters. The van der Waals surface area contributed by atoms with Crippen LogP contribution in [0.2, 0.25) is 0 Å². The van der Waals surface area contributed by atoms with Crippen LogP contribution in [-0.4, -0.2) is 35.0 Å². The minimum Gasteiger partial charge on any atom is -0.482 e. The molecule has 1 fully saturated rings. The summed E-state index contributed by atoms with van der Waals surface area (Å²) in [5.41, 5.74) is 2.01. The second-order valence-corrected chi connectivity index (χ2v) is 4.85. The highest BCUT2D eigenvalue weighted by molar-refractivity contribution is 7.96. The Balaban J connectivity index is 1.80. The molecule has 0 radical (unpaired) electrons. The van der Waals surface area contributed by atoms with Gasteiger partial charge in [0, 0.05) is 36.6 Å². The molecule has 0 aromatic carbocycles. The average Bonchev–Trinajstić information content (AvgIpc) is 2.69. The van der Waals surface area contributed by atoms with E-state index in [1.54, 1.807) is 11.9 Å². The second kappa shape index (κ2) is 5.52. The maximum absolute atomic E-state index is 5.68. The molecule has 16 heavy (non-hydrogen) atoms. The Morgan fingerprint density at radius 3 is 2.81 bits per heavy atom. The van der Waals surface area contributed by atoms with Gasteiger partial charge in [-0.1, -0.05) is 0 Å². The van der Waals surface area contributed by atoms with Gasteiger partial charge in [-0.05, 0) is 25.8 Å². The molecule has 0 amide bonds. The molecule has 0 saturated carbocycles. The lowest BCUT2D eigenvalue weighted by Crippen LogP contribution is -2.15. The molecule has 0 bridgehead atoms. The Bertz CT molecular complexity index is 333. The maximum Gasteiger partial charge on any atom is 0.148 e. The third-order valence-corrected chi connectivity index (χ3v) is 3.24. The number of nitrogens with zero attached hydrogens (tertiary/aromatic N) is 2. The number of rotatable bonds is 4. The van der Waals surface area contributed by atoms with Gasteiger partial charge in [0.05, 0.1) is 6.67 Å². The summed E-state index contributed by atoms with van der Waals surface area (Å²) in [6.45, 7) is 7.07. The van der Waals surface area contributed by atoms with Crippen LogP contribution in [0.1, 0.15) is 11.4 Å². The SMILES string of the molecule is Cc1cc(OCSN2CCNC2)cc(C)n1. The average molecular weight is 239 g/mol. The van der Waals surface area contributed by atoms with Crippen LogP contribution in [0, 0.1) is 13.8 Å². The summed E-state index contributed by atoms with van der Waals surface area (Å²) in [6.07, 6.45) is 0. The Hall–Kier alpha value is -0.780. The first kappa shape index (κ1) is 11.7. The largest absolute Gasteiger partial charge is 0.482 e. The number of hydrogen-bond donors (Lipinski definition) is 1. The van der Waals surface area contributed by atoms with Crippen LogP contribution in [0.4, 0.5) is 0 Å². The number of aryl methyl sites for hydroxylation is 2. The molecule has 1 aromatic rings. The van der Waals surface area contributed by atoms with Gasteiger partial charge in [0.25, 0.3) is 0 Å². The van der Waals surface area contributed by atoms with E-state index in [4.69, 9.17) is 4.74 Å². The van der Waals surface area contributed by atoms with Crippen molar-refractivity contribution in [2.75, 3.05) is 25.7 Å². The number of aromatic nitrogens is 1. The zero-order chi connectivity index (χ0) is 11.4. The highest BCUT2D eigenvalue weighted by atomic mass is 32.2. The van der Waals surface area contributed by atoms with Crippen molar-refractivity contribution in [1.82, 2.24) is 14.6 Å². The molecule has 1 saturated heterocycles. The lowest BCUT2D eigenvalue weighted by molar-refractivity contribution is 0.384. The first-order valence-corrected chi connectivity index (χ1v) is 6.35. The van der Waals surface area contributed by atoms with Crippen LogP contribution >= 0.6 is 11.9 Å². The van der Waals surface area contributed by atoms with E-state index in [0.29, 0.717) is 5.94 Å². The Morgan fingerprint density at radius 1 is 1.44 bits per heavy atom. The van der Waals surface area contributed by atoms with Gasteiger partial charge in [-0.2, -0.15) is 0 Å². The monoisotopic (exact) mass is 239 g/mol. The number of ether oxygens (including phenoxy) is 1. The standard InChI is InChI=1S/C11H17N3OS/c1-9-5-11(6-10(2)13-9)15-8-16-14-4-3-12-7-14/h5-6,12H,3-4,7-8H2,1-2H3. The summed E-state index contributed by atoms with van der Waals surface area (Å²) in [6, 6.07) is 3.94. The van der Waals surface area contributed by atoms with Gasteiger partial charge in [-0.3, -0.25) is 4.98 Å². The van der Waals surface area contributed by atoms with Crippen LogP contribution in [0.5, 0.6) is 5.75 Å². The van der Waals surface area contributed by atoms with Crippen LogP contribution in [0.25, 0.3) is 0 Å². The highest BCUT2D eigenvalue weighted by Crippen LogP contribution is 2.17. The van der Waals surface area contributed by atoms with E-state index in [1.807, 2.05) is 26.0 Å². The molecule has 1 aliphatic rings. The summed E-state index contributed by atoms with van der Waals surface area (Å²) < 4.78 is 7.95. The first-order chi connectivity index (χ1) is 7.74. The molecule has 1 N–H and O–H groups in total. The minimum atomic E-state index is 0.657. The lowest BCUT2D eigenvalue weighted by atomic mass is 10.3. The fourth-order valence-electron chi connectivity index (χ4n) is 1.65. The predicted octanol–water partition coefficient (Wildman–Crippen LogP) is 1.55. The molecule has 1 aromatic heterocycles. The van der Waals surface area contributed by atoms with Gasteiger partial charge >= 0.3 is 0 Å². The van der Waals surface area contributed by atoms with Gasteiger partial charge in [0.1, 0.15) is 11.7 Å². The van der Waals surface area contributed by atoms with E-state index in [1.165, 1.54) is 0 Å². The van der Waals surface area contributed by atoms with Gasteiger partial charge < -0.3 is 10.1 Å². The molecule has 1 aliphatic heterocycles. The summed E-state index contributed by atoms with van der Waals surface area (Å²) >= 11 is 1.72. The molecular weight excluding hydrogens is 222 g/mol. The fraction of sp³-hybridized carbons (Fsp3) is 0.545. The topological polar surface area (TPSA) is 37.4 Å². The van der Waals surface area contributed by atoms with E-state index in [9.17, 15) is 0 Å². The minimum absolute atomic E-state index is 0.657. The van der Waals surface area contributed by atoms with E-state index in [-0.39, 0.29) is 0 Å². The van der Waals surface area contributed by atoms with E-state index >= 15 is 0 Å². The molecule has 5 heteroatoms. The quantitative estimate of drug-likeness (QED) is 0.637. The Labute approximate surface area is 101 Å². The number of hydrogen-bond acceptors (Lipinski definition) is 5. The van der Waals surface area contributed by atoms with Crippen molar-refractivity contribution in [3.63, 3.8) is 0 Å². The van der Waals surface area contributed by atoms with Gasteiger partial charge in [0.2, 0.25) is 0 Å². The maximum atomic E-state index is 5.68. The second-order valence-electron chi connectivity index (χ2n) is 3.84. The van der Waals surface area contributed by atoms with E-state index in [0.717, 1.165) is 36.9 Å². The van der Waals surface area contributed by atoms with E-state index in [2.05, 4.69) is 14.6 Å². The summed E-state index contributed by atoms with van der Waals surface area (Å²) in [5, 5.41) is 3.28.